The number of guanidine groups is 1. The maximum Gasteiger partial charge on any atom is 0.196 e. The lowest BCUT2D eigenvalue weighted by atomic mass is 10.1. The zero-order valence-electron chi connectivity index (χ0n) is 8.09. The summed E-state index contributed by atoms with van der Waals surface area (Å²) >= 11 is 0. The van der Waals surface area contributed by atoms with Gasteiger partial charge in [0, 0.05) is 13.2 Å². The van der Waals surface area contributed by atoms with Gasteiger partial charge in [-0.05, 0) is 11.6 Å². The SMILES string of the molecule is CN1C=CC(c2ccccc2)N=C1N. The highest BCUT2D eigenvalue weighted by molar-refractivity contribution is 5.80. The lowest BCUT2D eigenvalue weighted by Crippen LogP contribution is -2.32. The third-order valence-electron chi connectivity index (χ3n) is 2.27. The maximum atomic E-state index is 5.73. The van der Waals surface area contributed by atoms with E-state index in [2.05, 4.69) is 17.1 Å². The molecule has 0 aliphatic carbocycles. The van der Waals surface area contributed by atoms with E-state index < -0.39 is 0 Å². The standard InChI is InChI=1S/C11H13N3/c1-14-8-7-10(13-11(14)12)9-5-3-2-4-6-9/h2-8,10H,1H3,(H2,12,13). The molecule has 1 heterocycles. The quantitative estimate of drug-likeness (QED) is 0.724. The summed E-state index contributed by atoms with van der Waals surface area (Å²) in [4.78, 5) is 6.17. The van der Waals surface area contributed by atoms with Gasteiger partial charge in [-0.2, -0.15) is 0 Å². The number of hydrogen-bond acceptors (Lipinski definition) is 3. The molecule has 1 unspecified atom stereocenters. The Labute approximate surface area is 83.6 Å². The Morgan fingerprint density at radius 2 is 2.00 bits per heavy atom. The molecule has 0 aromatic heterocycles. The van der Waals surface area contributed by atoms with Gasteiger partial charge >= 0.3 is 0 Å². The first-order chi connectivity index (χ1) is 6.77. The van der Waals surface area contributed by atoms with Gasteiger partial charge in [0.05, 0.1) is 6.04 Å². The average molecular weight is 187 g/mol. The van der Waals surface area contributed by atoms with E-state index in [1.54, 1.807) is 4.90 Å². The summed E-state index contributed by atoms with van der Waals surface area (Å²) in [6.07, 6.45) is 3.98. The highest BCUT2D eigenvalue weighted by atomic mass is 15.2. The molecule has 0 saturated carbocycles. The van der Waals surface area contributed by atoms with Crippen molar-refractivity contribution in [2.75, 3.05) is 7.05 Å². The van der Waals surface area contributed by atoms with Crippen LogP contribution in [-0.2, 0) is 0 Å². The fourth-order valence-electron chi connectivity index (χ4n) is 1.40. The summed E-state index contributed by atoms with van der Waals surface area (Å²) in [7, 11) is 1.89. The smallest absolute Gasteiger partial charge is 0.196 e. The molecule has 0 bridgehead atoms. The Kier molecular flexibility index (Phi) is 2.23. The molecule has 1 aliphatic heterocycles. The molecule has 0 fully saturated rings. The van der Waals surface area contributed by atoms with Crippen LogP contribution in [0.5, 0.6) is 0 Å². The highest BCUT2D eigenvalue weighted by Gasteiger charge is 2.12. The Morgan fingerprint density at radius 3 is 2.64 bits per heavy atom. The average Bonchev–Trinajstić information content (AvgIpc) is 2.23. The normalized spacial score (nSPS) is 20.8. The van der Waals surface area contributed by atoms with Crippen LogP contribution in [0.3, 0.4) is 0 Å². The maximum absolute atomic E-state index is 5.73. The molecule has 2 rings (SSSR count). The van der Waals surface area contributed by atoms with Crippen LogP contribution in [-0.4, -0.2) is 17.9 Å². The van der Waals surface area contributed by atoms with Gasteiger partial charge < -0.3 is 10.6 Å². The first kappa shape index (κ1) is 8.81. The molecule has 1 atom stereocenters. The summed E-state index contributed by atoms with van der Waals surface area (Å²) in [5.74, 6) is 0.557. The molecule has 1 aliphatic rings. The third kappa shape index (κ3) is 1.62. The fraction of sp³-hybridized carbons (Fsp3) is 0.182. The van der Waals surface area contributed by atoms with E-state index in [1.807, 2.05) is 37.5 Å². The van der Waals surface area contributed by atoms with Gasteiger partial charge in [-0.15, -0.1) is 0 Å². The molecule has 2 N–H and O–H groups in total. The van der Waals surface area contributed by atoms with Crippen LogP contribution in [0.1, 0.15) is 11.6 Å². The van der Waals surface area contributed by atoms with E-state index in [0.29, 0.717) is 5.96 Å². The van der Waals surface area contributed by atoms with Crippen molar-refractivity contribution in [2.24, 2.45) is 10.7 Å². The summed E-state index contributed by atoms with van der Waals surface area (Å²) in [6.45, 7) is 0. The lowest BCUT2D eigenvalue weighted by Gasteiger charge is -2.21. The minimum atomic E-state index is 0.0624. The number of aliphatic imine (C=N–C) groups is 1. The van der Waals surface area contributed by atoms with E-state index in [9.17, 15) is 0 Å². The zero-order valence-corrected chi connectivity index (χ0v) is 8.09. The predicted octanol–water partition coefficient (Wildman–Crippen LogP) is 1.50. The predicted molar refractivity (Wildman–Crippen MR) is 57.7 cm³/mol. The van der Waals surface area contributed by atoms with Crippen LogP contribution in [0.15, 0.2) is 47.6 Å². The zero-order chi connectivity index (χ0) is 9.97. The first-order valence-corrected chi connectivity index (χ1v) is 4.57. The van der Waals surface area contributed by atoms with Crippen molar-refractivity contribution in [3.05, 3.63) is 48.2 Å². The Hall–Kier alpha value is -1.77. The number of nitrogens with zero attached hydrogens (tertiary/aromatic N) is 2. The van der Waals surface area contributed by atoms with Gasteiger partial charge in [0.2, 0.25) is 0 Å². The van der Waals surface area contributed by atoms with Crippen LogP contribution >= 0.6 is 0 Å². The van der Waals surface area contributed by atoms with Gasteiger partial charge in [0.15, 0.2) is 5.96 Å². The van der Waals surface area contributed by atoms with E-state index in [4.69, 9.17) is 5.73 Å². The van der Waals surface area contributed by atoms with E-state index in [1.165, 1.54) is 5.56 Å². The van der Waals surface area contributed by atoms with Crippen molar-refractivity contribution in [3.63, 3.8) is 0 Å². The second-order valence-corrected chi connectivity index (χ2v) is 3.30. The van der Waals surface area contributed by atoms with E-state index in [-0.39, 0.29) is 6.04 Å². The minimum absolute atomic E-state index is 0.0624. The van der Waals surface area contributed by atoms with E-state index >= 15 is 0 Å². The molecule has 1 aromatic rings. The molecule has 3 heteroatoms. The first-order valence-electron chi connectivity index (χ1n) is 4.57. The van der Waals surface area contributed by atoms with Gasteiger partial charge in [-0.1, -0.05) is 30.3 Å². The molecular weight excluding hydrogens is 174 g/mol. The van der Waals surface area contributed by atoms with Crippen LogP contribution in [0, 0.1) is 0 Å². The molecule has 72 valence electrons. The summed E-state index contributed by atoms with van der Waals surface area (Å²) in [5, 5.41) is 0. The third-order valence-corrected chi connectivity index (χ3v) is 2.27. The summed E-state index contributed by atoms with van der Waals surface area (Å²) in [6, 6.07) is 10.2. The highest BCUT2D eigenvalue weighted by Crippen LogP contribution is 2.21. The van der Waals surface area contributed by atoms with Crippen molar-refractivity contribution in [1.29, 1.82) is 0 Å². The molecule has 3 nitrogen and oxygen atoms in total. The van der Waals surface area contributed by atoms with Crippen LogP contribution in [0.2, 0.25) is 0 Å². The summed E-state index contributed by atoms with van der Waals surface area (Å²) in [5.41, 5.74) is 6.90. The monoisotopic (exact) mass is 187 g/mol. The Bertz CT molecular complexity index is 367. The number of nitrogens with two attached hydrogens (primary N) is 1. The van der Waals surface area contributed by atoms with Gasteiger partial charge in [0.25, 0.3) is 0 Å². The van der Waals surface area contributed by atoms with Crippen LogP contribution in [0.25, 0.3) is 0 Å². The Morgan fingerprint density at radius 1 is 1.29 bits per heavy atom. The fourth-order valence-corrected chi connectivity index (χ4v) is 1.40. The minimum Gasteiger partial charge on any atom is -0.370 e. The molecule has 1 aromatic carbocycles. The van der Waals surface area contributed by atoms with Crippen molar-refractivity contribution in [1.82, 2.24) is 4.90 Å². The summed E-state index contributed by atoms with van der Waals surface area (Å²) < 4.78 is 0. The van der Waals surface area contributed by atoms with Gasteiger partial charge in [0.1, 0.15) is 0 Å². The molecule has 0 saturated heterocycles. The number of rotatable bonds is 1. The Balaban J connectivity index is 2.26. The second kappa shape index (κ2) is 3.54. The molecular formula is C11H13N3. The van der Waals surface area contributed by atoms with Crippen molar-refractivity contribution in [2.45, 2.75) is 6.04 Å². The largest absolute Gasteiger partial charge is 0.370 e. The number of benzene rings is 1. The topological polar surface area (TPSA) is 41.6 Å². The van der Waals surface area contributed by atoms with Crippen molar-refractivity contribution < 1.29 is 0 Å². The van der Waals surface area contributed by atoms with Crippen LogP contribution < -0.4 is 5.73 Å². The molecule has 0 amide bonds. The molecule has 14 heavy (non-hydrogen) atoms. The second-order valence-electron chi connectivity index (χ2n) is 3.30. The molecule has 0 spiro atoms. The van der Waals surface area contributed by atoms with Gasteiger partial charge in [-0.25, -0.2) is 4.99 Å². The van der Waals surface area contributed by atoms with Crippen molar-refractivity contribution >= 4 is 5.96 Å². The van der Waals surface area contributed by atoms with Crippen molar-refractivity contribution in [3.8, 4) is 0 Å². The lowest BCUT2D eigenvalue weighted by molar-refractivity contribution is 0.635. The number of hydrogen-bond donors (Lipinski definition) is 1. The van der Waals surface area contributed by atoms with Gasteiger partial charge in [-0.3, -0.25) is 0 Å². The van der Waals surface area contributed by atoms with E-state index in [0.717, 1.165) is 0 Å². The molecule has 0 radical (unpaired) electrons. The van der Waals surface area contributed by atoms with Crippen LogP contribution in [0.4, 0.5) is 0 Å².